The summed E-state index contributed by atoms with van der Waals surface area (Å²) in [6, 6.07) is 25.3. The fraction of sp³-hybridized carbons (Fsp3) is 0.133. The minimum absolute atomic E-state index is 0.0881. The Kier molecular flexibility index (Phi) is 6.41. The van der Waals surface area contributed by atoms with Gasteiger partial charge in [-0.3, -0.25) is 0 Å². The fourth-order valence-electron chi connectivity index (χ4n) is 4.78. The number of carbonyl (C=O) groups excluding carboxylic acids is 2. The van der Waals surface area contributed by atoms with E-state index in [0.717, 1.165) is 38.5 Å². The molecule has 0 spiro atoms. The van der Waals surface area contributed by atoms with Gasteiger partial charge in [-0.25, -0.2) is 9.59 Å². The molecule has 0 fully saturated rings. The first-order valence-corrected chi connectivity index (χ1v) is 11.8. The zero-order chi connectivity index (χ0) is 25.1. The Hall–Kier alpha value is -4.58. The zero-order valence-electron chi connectivity index (χ0n) is 19.9. The number of aromatic amines is 2. The van der Waals surface area contributed by atoms with E-state index in [4.69, 9.17) is 9.47 Å². The number of rotatable bonds is 8. The highest BCUT2D eigenvalue weighted by molar-refractivity contribution is 6.03. The van der Waals surface area contributed by atoms with Gasteiger partial charge in [-0.05, 0) is 24.6 Å². The number of hydrogen-bond donors (Lipinski definition) is 2. The summed E-state index contributed by atoms with van der Waals surface area (Å²) in [4.78, 5) is 33.0. The molecular formula is C30H26N2O4. The molecule has 0 aliphatic rings. The van der Waals surface area contributed by atoms with E-state index in [1.165, 1.54) is 6.08 Å². The molecule has 0 radical (unpaired) electrons. The lowest BCUT2D eigenvalue weighted by molar-refractivity contribution is 0.0517. The molecule has 36 heavy (non-hydrogen) atoms. The minimum Gasteiger partial charge on any atom is -0.461 e. The topological polar surface area (TPSA) is 84.2 Å². The Morgan fingerprint density at radius 1 is 0.778 bits per heavy atom. The van der Waals surface area contributed by atoms with Crippen molar-refractivity contribution in [3.05, 3.63) is 120 Å². The van der Waals surface area contributed by atoms with Crippen molar-refractivity contribution in [3.8, 4) is 0 Å². The zero-order valence-corrected chi connectivity index (χ0v) is 19.9. The smallest absolute Gasteiger partial charge is 0.355 e. The van der Waals surface area contributed by atoms with Crippen LogP contribution >= 0.6 is 0 Å². The van der Waals surface area contributed by atoms with Crippen molar-refractivity contribution in [2.45, 2.75) is 12.8 Å². The summed E-state index contributed by atoms with van der Waals surface area (Å²) in [5, 5.41) is 1.75. The molecule has 5 rings (SSSR count). The number of hydrogen-bond acceptors (Lipinski definition) is 4. The fourth-order valence-corrected chi connectivity index (χ4v) is 4.78. The molecule has 6 nitrogen and oxygen atoms in total. The maximum absolute atomic E-state index is 13.3. The van der Waals surface area contributed by atoms with Gasteiger partial charge >= 0.3 is 11.9 Å². The molecule has 2 N–H and O–H groups in total. The Balaban J connectivity index is 1.87. The Labute approximate surface area is 208 Å². The lowest BCUT2D eigenvalue weighted by atomic mass is 9.82. The number of ether oxygens (including phenoxy) is 2. The molecule has 1 unspecified atom stereocenters. The highest BCUT2D eigenvalue weighted by atomic mass is 16.5. The molecule has 0 bridgehead atoms. The van der Waals surface area contributed by atoms with Crippen LogP contribution in [0.2, 0.25) is 0 Å². The molecule has 0 saturated carbocycles. The average Bonchev–Trinajstić information content (AvgIpc) is 3.48. The van der Waals surface area contributed by atoms with Crippen molar-refractivity contribution < 1.29 is 19.1 Å². The van der Waals surface area contributed by atoms with Gasteiger partial charge in [0.2, 0.25) is 0 Å². The summed E-state index contributed by atoms with van der Waals surface area (Å²) in [6.45, 7) is 5.77. The van der Waals surface area contributed by atoms with Crippen LogP contribution in [0.4, 0.5) is 0 Å². The van der Waals surface area contributed by atoms with Gasteiger partial charge in [-0.2, -0.15) is 0 Å². The standard InChI is InChI=1S/C30H26N2O4/c1-3-18-36-30(34)28-26(21-15-9-11-17-23(21)32-28)24(19-12-6-5-7-13-19)25-20-14-8-10-16-22(20)31-27(25)29(33)35-4-2/h3,5-17,24,31-32H,1,4,18H2,2H3. The molecule has 0 aliphatic carbocycles. The third kappa shape index (κ3) is 4.07. The van der Waals surface area contributed by atoms with E-state index in [1.807, 2.05) is 78.9 Å². The summed E-state index contributed by atoms with van der Waals surface area (Å²) >= 11 is 0. The SMILES string of the molecule is C=CCOC(=O)c1[nH]c2ccccc2c1C(c1ccccc1)c1c(C(=O)OCC)[nH]c2ccccc12. The van der Waals surface area contributed by atoms with Crippen molar-refractivity contribution in [2.75, 3.05) is 13.2 Å². The number of para-hydroxylation sites is 2. The van der Waals surface area contributed by atoms with Crippen LogP contribution in [0.1, 0.15) is 50.5 Å². The molecule has 2 heterocycles. The first-order chi connectivity index (χ1) is 17.6. The first-order valence-electron chi connectivity index (χ1n) is 11.8. The van der Waals surface area contributed by atoms with Crippen molar-refractivity contribution in [2.24, 2.45) is 0 Å². The second-order valence-electron chi connectivity index (χ2n) is 8.37. The summed E-state index contributed by atoms with van der Waals surface area (Å²) < 4.78 is 10.9. The normalized spacial score (nSPS) is 11.9. The van der Waals surface area contributed by atoms with Crippen LogP contribution < -0.4 is 0 Å². The second kappa shape index (κ2) is 9.96. The molecular weight excluding hydrogens is 452 g/mol. The van der Waals surface area contributed by atoms with Crippen LogP contribution in [0.25, 0.3) is 21.8 Å². The number of fused-ring (bicyclic) bond motifs is 2. The van der Waals surface area contributed by atoms with E-state index in [-0.39, 0.29) is 13.2 Å². The van der Waals surface area contributed by atoms with E-state index >= 15 is 0 Å². The van der Waals surface area contributed by atoms with Gasteiger partial charge in [0.25, 0.3) is 0 Å². The van der Waals surface area contributed by atoms with Gasteiger partial charge in [0.1, 0.15) is 18.0 Å². The monoisotopic (exact) mass is 478 g/mol. The summed E-state index contributed by atoms with van der Waals surface area (Å²) in [5.41, 5.74) is 4.73. The summed E-state index contributed by atoms with van der Waals surface area (Å²) in [5.74, 6) is -1.40. The molecule has 1 atom stereocenters. The Bertz CT molecular complexity index is 1560. The number of nitrogens with one attached hydrogen (secondary N) is 2. The highest BCUT2D eigenvalue weighted by Crippen LogP contribution is 2.43. The third-order valence-corrected chi connectivity index (χ3v) is 6.22. The molecule has 2 aromatic heterocycles. The van der Waals surface area contributed by atoms with Crippen molar-refractivity contribution in [1.29, 1.82) is 0 Å². The molecule has 0 aliphatic heterocycles. The second-order valence-corrected chi connectivity index (χ2v) is 8.37. The minimum atomic E-state index is -0.487. The molecule has 0 amide bonds. The van der Waals surface area contributed by atoms with Crippen molar-refractivity contribution in [1.82, 2.24) is 9.97 Å². The predicted molar refractivity (Wildman–Crippen MR) is 140 cm³/mol. The van der Waals surface area contributed by atoms with E-state index < -0.39 is 17.9 Å². The van der Waals surface area contributed by atoms with Crippen LogP contribution in [-0.4, -0.2) is 35.1 Å². The molecule has 3 aromatic carbocycles. The Morgan fingerprint density at radius 2 is 1.28 bits per heavy atom. The van der Waals surface area contributed by atoms with Gasteiger partial charge in [0.15, 0.2) is 0 Å². The highest BCUT2D eigenvalue weighted by Gasteiger charge is 2.33. The largest absolute Gasteiger partial charge is 0.461 e. The average molecular weight is 479 g/mol. The quantitative estimate of drug-likeness (QED) is 0.201. The number of aromatic nitrogens is 2. The lowest BCUT2D eigenvalue weighted by Crippen LogP contribution is -2.15. The van der Waals surface area contributed by atoms with Gasteiger partial charge < -0.3 is 19.4 Å². The number of H-pyrrole nitrogens is 2. The Morgan fingerprint density at radius 3 is 1.81 bits per heavy atom. The summed E-state index contributed by atoms with van der Waals surface area (Å²) in [7, 11) is 0. The first kappa shape index (κ1) is 23.2. The van der Waals surface area contributed by atoms with E-state index in [0.29, 0.717) is 11.4 Å². The molecule has 5 aromatic rings. The van der Waals surface area contributed by atoms with Gasteiger partial charge in [-0.15, -0.1) is 0 Å². The number of benzene rings is 3. The van der Waals surface area contributed by atoms with Crippen LogP contribution in [0, 0.1) is 0 Å². The van der Waals surface area contributed by atoms with E-state index in [2.05, 4.69) is 16.5 Å². The van der Waals surface area contributed by atoms with Crippen LogP contribution in [0.3, 0.4) is 0 Å². The number of carbonyl (C=O) groups is 2. The van der Waals surface area contributed by atoms with Crippen LogP contribution in [-0.2, 0) is 9.47 Å². The molecule has 6 heteroatoms. The van der Waals surface area contributed by atoms with Gasteiger partial charge in [-0.1, -0.05) is 79.4 Å². The van der Waals surface area contributed by atoms with E-state index in [1.54, 1.807) is 6.92 Å². The lowest BCUT2D eigenvalue weighted by Gasteiger charge is -2.20. The molecule has 180 valence electrons. The van der Waals surface area contributed by atoms with Gasteiger partial charge in [0.05, 0.1) is 6.61 Å². The predicted octanol–water partition coefficient (Wildman–Crippen LogP) is 6.35. The van der Waals surface area contributed by atoms with Crippen molar-refractivity contribution in [3.63, 3.8) is 0 Å². The number of esters is 2. The van der Waals surface area contributed by atoms with Crippen molar-refractivity contribution >= 4 is 33.7 Å². The third-order valence-electron chi connectivity index (χ3n) is 6.22. The maximum Gasteiger partial charge on any atom is 0.355 e. The maximum atomic E-state index is 13.3. The summed E-state index contributed by atoms with van der Waals surface area (Å²) in [6.07, 6.45) is 1.54. The van der Waals surface area contributed by atoms with Gasteiger partial charge in [0, 0.05) is 38.9 Å². The van der Waals surface area contributed by atoms with Crippen LogP contribution in [0.15, 0.2) is 91.5 Å². The van der Waals surface area contributed by atoms with Crippen LogP contribution in [0.5, 0.6) is 0 Å². The van der Waals surface area contributed by atoms with E-state index in [9.17, 15) is 9.59 Å². The molecule has 0 saturated heterocycles.